The van der Waals surface area contributed by atoms with Crippen LogP contribution in [0.4, 0.5) is 5.82 Å². The number of pyridine rings is 1. The topological polar surface area (TPSA) is 186 Å². The molecule has 0 saturated heterocycles. The van der Waals surface area contributed by atoms with Crippen LogP contribution in [0.1, 0.15) is 67.8 Å². The van der Waals surface area contributed by atoms with Gasteiger partial charge in [0.15, 0.2) is 5.82 Å². The number of carbonyl (C=O) groups excluding carboxylic acids is 3. The monoisotopic (exact) mass is 562 g/mol. The molecular weight excluding hydrogens is 524 g/mol. The Kier molecular flexibility index (Phi) is 13.5. The van der Waals surface area contributed by atoms with Gasteiger partial charge in [-0.05, 0) is 49.4 Å². The number of carbonyl (C=O) groups is 3. The number of likely N-dealkylation sites (N-methyl/N-ethyl adjacent to an activating group) is 1. The maximum Gasteiger partial charge on any atom is 0.253 e. The van der Waals surface area contributed by atoms with Crippen molar-refractivity contribution in [3.05, 3.63) is 53.7 Å². The second-order valence-electron chi connectivity index (χ2n) is 8.87. The SMILES string of the molecule is CCCCCC(=O)NCCCCC(NC(=O)c1ccc(N=NCc2ccccc2S(O)(O)O)nc1)C(=O)NC. The molecule has 3 amide bonds. The molecule has 1 aromatic carbocycles. The van der Waals surface area contributed by atoms with Crippen LogP contribution in [-0.2, 0) is 16.1 Å². The van der Waals surface area contributed by atoms with Gasteiger partial charge in [0.05, 0.1) is 17.0 Å². The van der Waals surface area contributed by atoms with Crippen LogP contribution < -0.4 is 16.0 Å². The average molecular weight is 563 g/mol. The Balaban J connectivity index is 1.86. The molecule has 0 fully saturated rings. The number of aromatic nitrogens is 1. The molecule has 0 radical (unpaired) electrons. The van der Waals surface area contributed by atoms with E-state index in [2.05, 4.69) is 38.1 Å². The van der Waals surface area contributed by atoms with Crippen LogP contribution in [0.5, 0.6) is 0 Å². The number of unbranched alkanes of at least 4 members (excludes halogenated alkanes) is 3. The summed E-state index contributed by atoms with van der Waals surface area (Å²) in [6, 6.07) is 8.48. The lowest BCUT2D eigenvalue weighted by atomic mass is 10.1. The second-order valence-corrected chi connectivity index (χ2v) is 10.4. The third-order valence-corrected chi connectivity index (χ3v) is 6.80. The molecule has 2 aromatic rings. The van der Waals surface area contributed by atoms with Gasteiger partial charge >= 0.3 is 0 Å². The molecule has 0 spiro atoms. The number of rotatable bonds is 16. The van der Waals surface area contributed by atoms with E-state index in [-0.39, 0.29) is 34.6 Å². The molecule has 0 aliphatic heterocycles. The zero-order valence-electron chi connectivity index (χ0n) is 22.3. The maximum atomic E-state index is 12.7. The smallest absolute Gasteiger partial charge is 0.253 e. The lowest BCUT2D eigenvalue weighted by Gasteiger charge is -2.21. The summed E-state index contributed by atoms with van der Waals surface area (Å²) < 4.78 is 28.6. The van der Waals surface area contributed by atoms with Crippen molar-refractivity contribution in [3.8, 4) is 0 Å². The van der Waals surface area contributed by atoms with Gasteiger partial charge in [0.25, 0.3) is 5.91 Å². The van der Waals surface area contributed by atoms with E-state index in [0.29, 0.717) is 37.8 Å². The van der Waals surface area contributed by atoms with Crippen LogP contribution in [0.25, 0.3) is 0 Å². The first-order valence-corrected chi connectivity index (χ1v) is 14.4. The molecule has 0 saturated carbocycles. The minimum Gasteiger partial charge on any atom is -0.357 e. The molecule has 12 nitrogen and oxygen atoms in total. The molecular formula is C26H38N6O6S. The van der Waals surface area contributed by atoms with Crippen LogP contribution >= 0.6 is 10.9 Å². The number of benzene rings is 1. The third kappa shape index (κ3) is 11.5. The lowest BCUT2D eigenvalue weighted by Crippen LogP contribution is -2.45. The highest BCUT2D eigenvalue weighted by Crippen LogP contribution is 2.45. The average Bonchev–Trinajstić information content (AvgIpc) is 2.92. The molecule has 2 rings (SSSR count). The summed E-state index contributed by atoms with van der Waals surface area (Å²) in [6.07, 6.45) is 6.54. The number of nitrogens with zero attached hydrogens (tertiary/aromatic N) is 3. The van der Waals surface area contributed by atoms with Gasteiger partial charge in [-0.25, -0.2) is 4.98 Å². The van der Waals surface area contributed by atoms with Crippen LogP contribution in [0, 0.1) is 0 Å². The standard InChI is InChI=1S/C26H38N6O6S/c1-3-4-5-13-24(33)28-16-9-8-11-21(26(35)27-2)31-25(34)20-14-15-23(29-17-20)32-30-18-19-10-6-7-12-22(19)39(36,37)38/h6-7,10,12,14-15,17,21,36-38H,3-5,8-9,11,13,16,18H2,1-2H3,(H,27,35)(H,28,33)(H,31,34). The van der Waals surface area contributed by atoms with Crippen molar-refractivity contribution in [2.24, 2.45) is 10.2 Å². The Morgan fingerprint density at radius 3 is 2.46 bits per heavy atom. The lowest BCUT2D eigenvalue weighted by molar-refractivity contribution is -0.123. The summed E-state index contributed by atoms with van der Waals surface area (Å²) in [5.74, 6) is -0.529. The van der Waals surface area contributed by atoms with Gasteiger partial charge in [-0.2, -0.15) is 5.11 Å². The van der Waals surface area contributed by atoms with E-state index >= 15 is 0 Å². The predicted molar refractivity (Wildman–Crippen MR) is 149 cm³/mol. The number of nitrogens with one attached hydrogen (secondary N) is 3. The van der Waals surface area contributed by atoms with Crippen molar-refractivity contribution in [1.82, 2.24) is 20.9 Å². The van der Waals surface area contributed by atoms with E-state index < -0.39 is 22.8 Å². The first kappa shape index (κ1) is 31.8. The molecule has 1 unspecified atom stereocenters. The minimum absolute atomic E-state index is 0.0210. The Morgan fingerprint density at radius 2 is 1.79 bits per heavy atom. The van der Waals surface area contributed by atoms with Crippen LogP contribution in [0.15, 0.2) is 57.7 Å². The highest BCUT2D eigenvalue weighted by Gasteiger charge is 2.21. The molecule has 13 heteroatoms. The molecule has 1 heterocycles. The van der Waals surface area contributed by atoms with E-state index in [1.54, 1.807) is 18.2 Å². The Bertz CT molecular complexity index is 1110. The number of azo groups is 1. The minimum atomic E-state index is -3.89. The molecule has 0 bridgehead atoms. The van der Waals surface area contributed by atoms with Gasteiger partial charge < -0.3 is 29.6 Å². The van der Waals surface area contributed by atoms with E-state index in [9.17, 15) is 28.0 Å². The van der Waals surface area contributed by atoms with Gasteiger partial charge in [-0.15, -0.1) is 5.11 Å². The fraction of sp³-hybridized carbons (Fsp3) is 0.462. The fourth-order valence-corrected chi connectivity index (χ4v) is 4.42. The van der Waals surface area contributed by atoms with Crippen molar-refractivity contribution in [2.75, 3.05) is 13.6 Å². The Hall–Kier alpha value is -3.39. The van der Waals surface area contributed by atoms with E-state index in [0.717, 1.165) is 19.3 Å². The van der Waals surface area contributed by atoms with Crippen LogP contribution in [0.2, 0.25) is 0 Å². The normalized spacial score (nSPS) is 12.6. The summed E-state index contributed by atoms with van der Waals surface area (Å²) in [4.78, 5) is 40.9. The van der Waals surface area contributed by atoms with Gasteiger partial charge in [0, 0.05) is 26.2 Å². The first-order chi connectivity index (χ1) is 18.7. The number of hydrogen-bond donors (Lipinski definition) is 6. The van der Waals surface area contributed by atoms with Crippen molar-refractivity contribution in [3.63, 3.8) is 0 Å². The summed E-state index contributed by atoms with van der Waals surface area (Å²) in [7, 11) is -2.38. The highest BCUT2D eigenvalue weighted by molar-refractivity contribution is 8.19. The first-order valence-electron chi connectivity index (χ1n) is 12.9. The molecule has 0 aliphatic rings. The summed E-state index contributed by atoms with van der Waals surface area (Å²) in [5, 5.41) is 16.1. The summed E-state index contributed by atoms with van der Waals surface area (Å²) >= 11 is 0. The van der Waals surface area contributed by atoms with Crippen molar-refractivity contribution in [1.29, 1.82) is 0 Å². The van der Waals surface area contributed by atoms with Crippen molar-refractivity contribution in [2.45, 2.75) is 69.4 Å². The second kappa shape index (κ2) is 16.5. The van der Waals surface area contributed by atoms with Gasteiger partial charge in [-0.1, -0.05) is 38.0 Å². The predicted octanol–water partition coefficient (Wildman–Crippen LogP) is 4.66. The van der Waals surface area contributed by atoms with Crippen LogP contribution in [0.3, 0.4) is 0 Å². The fourth-order valence-electron chi connectivity index (χ4n) is 3.67. The summed E-state index contributed by atoms with van der Waals surface area (Å²) in [5.41, 5.74) is 0.635. The maximum absolute atomic E-state index is 12.7. The molecule has 214 valence electrons. The number of hydrogen-bond acceptors (Lipinski definition) is 9. The summed E-state index contributed by atoms with van der Waals surface area (Å²) in [6.45, 7) is 2.59. The Morgan fingerprint density at radius 1 is 1.03 bits per heavy atom. The largest absolute Gasteiger partial charge is 0.357 e. The third-order valence-electron chi connectivity index (χ3n) is 5.81. The van der Waals surface area contributed by atoms with E-state index in [4.69, 9.17) is 0 Å². The Labute approximate surface area is 230 Å². The van der Waals surface area contributed by atoms with Gasteiger partial charge in [0.1, 0.15) is 16.9 Å². The molecule has 1 aromatic heterocycles. The number of amides is 3. The quantitative estimate of drug-likeness (QED) is 0.127. The van der Waals surface area contributed by atoms with E-state index in [1.807, 2.05) is 0 Å². The molecule has 39 heavy (non-hydrogen) atoms. The van der Waals surface area contributed by atoms with Crippen LogP contribution in [-0.4, -0.2) is 56.0 Å². The van der Waals surface area contributed by atoms with E-state index in [1.165, 1.54) is 31.4 Å². The zero-order valence-corrected chi connectivity index (χ0v) is 23.1. The molecule has 0 aliphatic carbocycles. The van der Waals surface area contributed by atoms with Crippen molar-refractivity contribution < 1.29 is 28.0 Å². The molecule has 1 atom stereocenters. The zero-order chi connectivity index (χ0) is 28.7. The van der Waals surface area contributed by atoms with Gasteiger partial charge in [-0.3, -0.25) is 14.4 Å². The van der Waals surface area contributed by atoms with Crippen molar-refractivity contribution >= 4 is 34.4 Å². The molecule has 6 N–H and O–H groups in total. The van der Waals surface area contributed by atoms with Gasteiger partial charge in [0.2, 0.25) is 11.8 Å². The highest BCUT2D eigenvalue weighted by atomic mass is 32.3.